The van der Waals surface area contributed by atoms with Gasteiger partial charge in [0.25, 0.3) is 0 Å². The van der Waals surface area contributed by atoms with Crippen LogP contribution in [0.2, 0.25) is 0 Å². The van der Waals surface area contributed by atoms with E-state index in [1.807, 2.05) is 0 Å². The van der Waals surface area contributed by atoms with E-state index in [0.29, 0.717) is 16.0 Å². The zero-order valence-electron chi connectivity index (χ0n) is 19.4. The van der Waals surface area contributed by atoms with Crippen LogP contribution in [0.3, 0.4) is 0 Å². The van der Waals surface area contributed by atoms with Crippen LogP contribution in [-0.2, 0) is 28.4 Å². The molecule has 0 aliphatic rings. The third-order valence-electron chi connectivity index (χ3n) is 5.72. The van der Waals surface area contributed by atoms with E-state index in [0.717, 1.165) is 12.1 Å². The van der Waals surface area contributed by atoms with Crippen molar-refractivity contribution < 1.29 is 40.7 Å². The molecule has 0 aliphatic heterocycles. The third kappa shape index (κ3) is 5.23. The lowest BCUT2D eigenvalue weighted by Crippen LogP contribution is -2.22. The molecule has 0 amide bonds. The van der Waals surface area contributed by atoms with Crippen molar-refractivity contribution in [3.05, 3.63) is 82.9 Å². The van der Waals surface area contributed by atoms with E-state index < -0.39 is 48.6 Å². The maximum Gasteiger partial charge on any atom is 0.449 e. The van der Waals surface area contributed by atoms with Crippen LogP contribution in [0.15, 0.2) is 54.6 Å². The summed E-state index contributed by atoms with van der Waals surface area (Å²) in [5.74, 6) is -3.03. The van der Waals surface area contributed by atoms with Gasteiger partial charge in [-0.3, -0.25) is 9.59 Å². The third-order valence-corrected chi connectivity index (χ3v) is 5.72. The average molecular weight is 523 g/mol. The van der Waals surface area contributed by atoms with Gasteiger partial charge in [0.15, 0.2) is 6.61 Å². The molecule has 2 aromatic heterocycles. The molecule has 4 rings (SSSR count). The first-order valence-electron chi connectivity index (χ1n) is 10.8. The highest BCUT2D eigenvalue weighted by Gasteiger charge is 2.38. The molecule has 194 valence electrons. The molecule has 0 unspecified atom stereocenters. The fourth-order valence-electron chi connectivity index (χ4n) is 4.11. The van der Waals surface area contributed by atoms with E-state index in [4.69, 9.17) is 4.74 Å². The lowest BCUT2D eigenvalue weighted by atomic mass is 10.1. The number of Topliss-reactive ketones (excluding diaryl/α,β-unsaturated/α-hetero) is 1. The number of aromatic nitrogens is 3. The largest absolute Gasteiger partial charge is 0.456 e. The number of nitrogens with zero attached hydrogens (tertiary/aromatic N) is 3. The van der Waals surface area contributed by atoms with Crippen molar-refractivity contribution >= 4 is 22.8 Å². The second kappa shape index (κ2) is 9.41. The average Bonchev–Trinajstić information content (AvgIpc) is 3.34. The van der Waals surface area contributed by atoms with E-state index in [1.165, 1.54) is 54.0 Å². The Balaban J connectivity index is 1.52. The number of aryl methyl sites for hydroxylation is 1. The standard InChI is InChI=1S/C25H19F6N3O3/c1-14-10-18(15(2)34(14)17-7-5-6-16(11-17)24(26,27)28)21(35)13-37-22(36)12-33-20-9-4-3-8-19(20)32-23(33)25(29,30)31/h3-11H,12-13H2,1-2H3. The molecule has 0 saturated carbocycles. The molecule has 0 spiro atoms. The Kier molecular flexibility index (Phi) is 6.61. The van der Waals surface area contributed by atoms with Gasteiger partial charge in [-0.25, -0.2) is 4.98 Å². The molecule has 0 atom stereocenters. The minimum absolute atomic E-state index is 0.0423. The number of para-hydroxylation sites is 2. The number of fused-ring (bicyclic) bond motifs is 1. The van der Waals surface area contributed by atoms with Crippen molar-refractivity contribution in [1.82, 2.24) is 14.1 Å². The summed E-state index contributed by atoms with van der Waals surface area (Å²) < 4.78 is 86.8. The Morgan fingerprint density at radius 1 is 0.919 bits per heavy atom. The normalized spacial score (nSPS) is 12.2. The smallest absolute Gasteiger partial charge is 0.449 e. The minimum Gasteiger partial charge on any atom is -0.456 e. The summed E-state index contributed by atoms with van der Waals surface area (Å²) in [6.07, 6.45) is -9.37. The topological polar surface area (TPSA) is 66.1 Å². The molecule has 4 aromatic rings. The highest BCUT2D eigenvalue weighted by atomic mass is 19.4. The summed E-state index contributed by atoms with van der Waals surface area (Å²) in [6.45, 7) is 1.53. The maximum absolute atomic E-state index is 13.4. The molecule has 37 heavy (non-hydrogen) atoms. The number of carbonyl (C=O) groups is 2. The van der Waals surface area contributed by atoms with Gasteiger partial charge in [-0.1, -0.05) is 18.2 Å². The van der Waals surface area contributed by atoms with Crippen LogP contribution in [0.25, 0.3) is 16.7 Å². The predicted octanol–water partition coefficient (Wildman–Crippen LogP) is 5.91. The monoisotopic (exact) mass is 523 g/mol. The molecule has 0 fully saturated rings. The maximum atomic E-state index is 13.4. The quantitative estimate of drug-likeness (QED) is 0.179. The van der Waals surface area contributed by atoms with Crippen LogP contribution in [-0.4, -0.2) is 32.5 Å². The van der Waals surface area contributed by atoms with Gasteiger partial charge >= 0.3 is 18.3 Å². The lowest BCUT2D eigenvalue weighted by Gasteiger charge is -2.13. The van der Waals surface area contributed by atoms with Gasteiger partial charge in [-0.05, 0) is 50.2 Å². The van der Waals surface area contributed by atoms with Crippen molar-refractivity contribution in [3.63, 3.8) is 0 Å². The number of carbonyl (C=O) groups excluding carboxylic acids is 2. The Hall–Kier alpha value is -4.09. The molecule has 0 N–H and O–H groups in total. The number of esters is 1. The highest BCUT2D eigenvalue weighted by molar-refractivity contribution is 5.99. The summed E-state index contributed by atoms with van der Waals surface area (Å²) in [5.41, 5.74) is 0.330. The van der Waals surface area contributed by atoms with Crippen LogP contribution >= 0.6 is 0 Å². The van der Waals surface area contributed by atoms with E-state index >= 15 is 0 Å². The molecule has 0 saturated heterocycles. The van der Waals surface area contributed by atoms with Crippen LogP contribution in [0.1, 0.15) is 33.1 Å². The van der Waals surface area contributed by atoms with E-state index in [9.17, 15) is 35.9 Å². The number of benzene rings is 2. The van der Waals surface area contributed by atoms with E-state index in [2.05, 4.69) is 4.98 Å². The molecule has 12 heteroatoms. The number of hydrogen-bond donors (Lipinski definition) is 0. The number of ether oxygens (including phenoxy) is 1. The molecule has 2 aromatic carbocycles. The second-order valence-corrected chi connectivity index (χ2v) is 8.26. The molecule has 0 bridgehead atoms. The fourth-order valence-corrected chi connectivity index (χ4v) is 4.11. The summed E-state index contributed by atoms with van der Waals surface area (Å²) in [5, 5.41) is 0. The number of imidazole rings is 1. The van der Waals surface area contributed by atoms with Gasteiger partial charge in [0.05, 0.1) is 16.6 Å². The molecule has 2 heterocycles. The first-order valence-corrected chi connectivity index (χ1v) is 10.8. The number of alkyl halides is 6. The van der Waals surface area contributed by atoms with Gasteiger partial charge < -0.3 is 13.9 Å². The Bertz CT molecular complexity index is 1500. The van der Waals surface area contributed by atoms with Crippen molar-refractivity contribution in [3.8, 4) is 5.69 Å². The van der Waals surface area contributed by atoms with Crippen LogP contribution in [0.5, 0.6) is 0 Å². The summed E-state index contributed by atoms with van der Waals surface area (Å²) in [6, 6.07) is 11.8. The van der Waals surface area contributed by atoms with E-state index in [1.54, 1.807) is 6.92 Å². The Morgan fingerprint density at radius 3 is 2.30 bits per heavy atom. The van der Waals surface area contributed by atoms with Crippen LogP contribution < -0.4 is 0 Å². The zero-order valence-corrected chi connectivity index (χ0v) is 19.4. The Morgan fingerprint density at radius 2 is 1.62 bits per heavy atom. The van der Waals surface area contributed by atoms with Crippen molar-refractivity contribution in [1.29, 1.82) is 0 Å². The number of hydrogen-bond acceptors (Lipinski definition) is 4. The van der Waals surface area contributed by atoms with Crippen molar-refractivity contribution in [2.24, 2.45) is 0 Å². The molecular weight excluding hydrogens is 504 g/mol. The summed E-state index contributed by atoms with van der Waals surface area (Å²) in [4.78, 5) is 28.7. The summed E-state index contributed by atoms with van der Waals surface area (Å²) >= 11 is 0. The van der Waals surface area contributed by atoms with Gasteiger partial charge in [0, 0.05) is 22.6 Å². The van der Waals surface area contributed by atoms with Crippen molar-refractivity contribution in [2.45, 2.75) is 32.7 Å². The molecular formula is C25H19F6N3O3. The Labute approximate surface area is 206 Å². The second-order valence-electron chi connectivity index (χ2n) is 8.26. The molecule has 6 nitrogen and oxygen atoms in total. The molecule has 0 aliphatic carbocycles. The lowest BCUT2D eigenvalue weighted by molar-refractivity contribution is -0.150. The zero-order chi connectivity index (χ0) is 27.1. The molecule has 0 radical (unpaired) electrons. The SMILES string of the molecule is Cc1cc(C(=O)COC(=O)Cn2c(C(F)(F)F)nc3ccccc32)c(C)n1-c1cccc(C(F)(F)F)c1. The predicted molar refractivity (Wildman–Crippen MR) is 120 cm³/mol. The minimum atomic E-state index is -4.82. The number of ketones is 1. The first kappa shape index (κ1) is 26.0. The highest BCUT2D eigenvalue weighted by Crippen LogP contribution is 2.32. The van der Waals surface area contributed by atoms with E-state index in [-0.39, 0.29) is 22.3 Å². The number of halogens is 6. The van der Waals surface area contributed by atoms with Crippen LogP contribution in [0, 0.1) is 13.8 Å². The first-order chi connectivity index (χ1) is 17.3. The number of rotatable bonds is 6. The van der Waals surface area contributed by atoms with Gasteiger partial charge in [0.1, 0.15) is 6.54 Å². The van der Waals surface area contributed by atoms with Gasteiger partial charge in [-0.2, -0.15) is 26.3 Å². The van der Waals surface area contributed by atoms with Crippen molar-refractivity contribution in [2.75, 3.05) is 6.61 Å². The summed E-state index contributed by atoms with van der Waals surface area (Å²) in [7, 11) is 0. The van der Waals surface area contributed by atoms with Crippen LogP contribution in [0.4, 0.5) is 26.3 Å². The van der Waals surface area contributed by atoms with Gasteiger partial charge in [-0.15, -0.1) is 0 Å². The van der Waals surface area contributed by atoms with Gasteiger partial charge in [0.2, 0.25) is 11.6 Å². The fraction of sp³-hybridized carbons (Fsp3) is 0.240.